The van der Waals surface area contributed by atoms with Crippen molar-refractivity contribution in [2.75, 3.05) is 19.2 Å². The zero-order valence-corrected chi connectivity index (χ0v) is 14.5. The molecule has 1 aliphatic heterocycles. The Morgan fingerprint density at radius 1 is 1.14 bits per heavy atom. The number of fused-ring (bicyclic) bond motifs is 1. The quantitative estimate of drug-likeness (QED) is 0.795. The number of ether oxygens (including phenoxy) is 3. The van der Waals surface area contributed by atoms with Crippen LogP contribution in [0.5, 0.6) is 17.2 Å². The molecule has 6 heteroatoms. The van der Waals surface area contributed by atoms with E-state index in [1.807, 2.05) is 30.3 Å². The Hall–Kier alpha value is -1.40. The van der Waals surface area contributed by atoms with Gasteiger partial charge in [-0.25, -0.2) is 0 Å². The minimum absolute atomic E-state index is 0.271. The lowest BCUT2D eigenvalue weighted by atomic mass is 10.2. The van der Waals surface area contributed by atoms with Gasteiger partial charge in [0.15, 0.2) is 11.5 Å². The van der Waals surface area contributed by atoms with Crippen LogP contribution in [-0.4, -0.2) is 13.9 Å². The monoisotopic (exact) mass is 413 g/mol. The first-order valence-corrected chi connectivity index (χ1v) is 7.91. The third kappa shape index (κ3) is 3.27. The fourth-order valence-electron chi connectivity index (χ4n) is 2.11. The molecule has 1 heterocycles. The van der Waals surface area contributed by atoms with Crippen molar-refractivity contribution in [2.24, 2.45) is 0 Å². The van der Waals surface area contributed by atoms with E-state index in [0.29, 0.717) is 6.54 Å². The van der Waals surface area contributed by atoms with Gasteiger partial charge in [0.1, 0.15) is 5.75 Å². The summed E-state index contributed by atoms with van der Waals surface area (Å²) in [5, 5.41) is 3.37. The smallest absolute Gasteiger partial charge is 0.231 e. The van der Waals surface area contributed by atoms with Gasteiger partial charge in [0.05, 0.1) is 11.6 Å². The van der Waals surface area contributed by atoms with E-state index >= 15 is 0 Å². The molecule has 1 aliphatic rings. The fraction of sp³-hybridized carbons (Fsp3) is 0.200. The average molecular weight is 415 g/mol. The maximum Gasteiger partial charge on any atom is 0.231 e. The molecule has 0 amide bonds. The third-order valence-electron chi connectivity index (χ3n) is 3.09. The first-order chi connectivity index (χ1) is 10.2. The molecule has 0 spiro atoms. The van der Waals surface area contributed by atoms with Crippen LogP contribution in [0.4, 0.5) is 5.69 Å². The minimum atomic E-state index is 0.271. The molecule has 0 atom stereocenters. The van der Waals surface area contributed by atoms with Crippen LogP contribution in [0.25, 0.3) is 0 Å². The molecule has 4 nitrogen and oxygen atoms in total. The highest BCUT2D eigenvalue weighted by molar-refractivity contribution is 9.10. The maximum absolute atomic E-state index is 5.42. The first kappa shape index (κ1) is 14.5. The van der Waals surface area contributed by atoms with E-state index in [1.165, 1.54) is 0 Å². The average Bonchev–Trinajstić information content (AvgIpc) is 2.93. The van der Waals surface area contributed by atoms with Gasteiger partial charge in [-0.3, -0.25) is 0 Å². The van der Waals surface area contributed by atoms with Crippen molar-refractivity contribution in [1.82, 2.24) is 0 Å². The van der Waals surface area contributed by atoms with Crippen LogP contribution in [0.15, 0.2) is 39.3 Å². The van der Waals surface area contributed by atoms with Gasteiger partial charge in [-0.2, -0.15) is 0 Å². The normalized spacial score (nSPS) is 12.3. The van der Waals surface area contributed by atoms with E-state index in [0.717, 1.165) is 37.4 Å². The molecule has 0 bridgehead atoms. The largest absolute Gasteiger partial charge is 0.497 e. The van der Waals surface area contributed by atoms with Crippen molar-refractivity contribution in [3.8, 4) is 17.2 Å². The molecule has 0 unspecified atom stereocenters. The summed E-state index contributed by atoms with van der Waals surface area (Å²) < 4.78 is 17.9. The predicted octanol–water partition coefficient (Wildman–Crippen LogP) is 4.56. The molecule has 0 fully saturated rings. The second kappa shape index (κ2) is 6.15. The predicted molar refractivity (Wildman–Crippen MR) is 88.3 cm³/mol. The van der Waals surface area contributed by atoms with Gasteiger partial charge < -0.3 is 19.5 Å². The summed E-state index contributed by atoms with van der Waals surface area (Å²) in [6.07, 6.45) is 0. The van der Waals surface area contributed by atoms with Crippen LogP contribution in [-0.2, 0) is 6.54 Å². The number of hydrogen-bond acceptors (Lipinski definition) is 4. The molecule has 21 heavy (non-hydrogen) atoms. The maximum atomic E-state index is 5.42. The zero-order valence-electron chi connectivity index (χ0n) is 11.3. The van der Waals surface area contributed by atoms with Crippen molar-refractivity contribution in [2.45, 2.75) is 6.54 Å². The number of rotatable bonds is 4. The molecule has 0 aliphatic carbocycles. The summed E-state index contributed by atoms with van der Waals surface area (Å²) in [4.78, 5) is 0. The van der Waals surface area contributed by atoms with E-state index in [9.17, 15) is 0 Å². The molecule has 0 aromatic heterocycles. The van der Waals surface area contributed by atoms with Gasteiger partial charge in [-0.05, 0) is 45.8 Å². The van der Waals surface area contributed by atoms with Crippen LogP contribution in [0.2, 0.25) is 0 Å². The molecular weight excluding hydrogens is 402 g/mol. The topological polar surface area (TPSA) is 39.7 Å². The molecule has 0 radical (unpaired) electrons. The van der Waals surface area contributed by atoms with Crippen LogP contribution < -0.4 is 19.5 Å². The van der Waals surface area contributed by atoms with E-state index in [4.69, 9.17) is 14.2 Å². The molecule has 1 N–H and O–H groups in total. The summed E-state index contributed by atoms with van der Waals surface area (Å²) in [7, 11) is 1.65. The number of benzene rings is 2. The molecule has 110 valence electrons. The lowest BCUT2D eigenvalue weighted by Crippen LogP contribution is -2.00. The standard InChI is InChI=1S/C15H13Br2NO3/c1-19-12-5-10(16)4-11(6-12)18-7-9-2-13(17)15-14(3-9)20-8-21-15/h2-6,18H,7-8H2,1H3. The third-order valence-corrected chi connectivity index (χ3v) is 4.14. The van der Waals surface area contributed by atoms with Gasteiger partial charge in [-0.1, -0.05) is 15.9 Å². The highest BCUT2D eigenvalue weighted by Gasteiger charge is 2.17. The first-order valence-electron chi connectivity index (χ1n) is 6.32. The summed E-state index contributed by atoms with van der Waals surface area (Å²) >= 11 is 6.97. The van der Waals surface area contributed by atoms with Gasteiger partial charge in [0, 0.05) is 22.8 Å². The van der Waals surface area contributed by atoms with Gasteiger partial charge >= 0.3 is 0 Å². The molecule has 0 saturated heterocycles. The summed E-state index contributed by atoms with van der Waals surface area (Å²) in [5.74, 6) is 2.34. The molecule has 2 aromatic carbocycles. The summed E-state index contributed by atoms with van der Waals surface area (Å²) in [6.45, 7) is 0.947. The lowest BCUT2D eigenvalue weighted by molar-refractivity contribution is 0.173. The zero-order chi connectivity index (χ0) is 14.8. The summed E-state index contributed by atoms with van der Waals surface area (Å²) in [5.41, 5.74) is 2.08. The molecule has 3 rings (SSSR count). The van der Waals surface area contributed by atoms with Crippen molar-refractivity contribution < 1.29 is 14.2 Å². The highest BCUT2D eigenvalue weighted by atomic mass is 79.9. The Bertz CT molecular complexity index is 676. The Kier molecular flexibility index (Phi) is 4.26. The van der Waals surface area contributed by atoms with E-state index < -0.39 is 0 Å². The highest BCUT2D eigenvalue weighted by Crippen LogP contribution is 2.40. The Labute approximate surface area is 139 Å². The van der Waals surface area contributed by atoms with Crippen molar-refractivity contribution in [1.29, 1.82) is 0 Å². The van der Waals surface area contributed by atoms with Crippen LogP contribution in [0.1, 0.15) is 5.56 Å². The molecule has 0 saturated carbocycles. The van der Waals surface area contributed by atoms with Crippen molar-refractivity contribution >= 4 is 37.5 Å². The number of nitrogens with one attached hydrogen (secondary N) is 1. The summed E-state index contributed by atoms with van der Waals surface area (Å²) in [6, 6.07) is 9.88. The van der Waals surface area contributed by atoms with Crippen LogP contribution >= 0.6 is 31.9 Å². The second-order valence-electron chi connectivity index (χ2n) is 4.54. The number of hydrogen-bond donors (Lipinski definition) is 1. The number of methoxy groups -OCH3 is 1. The second-order valence-corrected chi connectivity index (χ2v) is 6.31. The number of anilines is 1. The van der Waals surface area contributed by atoms with Crippen LogP contribution in [0.3, 0.4) is 0 Å². The van der Waals surface area contributed by atoms with Gasteiger partial charge in [0.2, 0.25) is 6.79 Å². The SMILES string of the molecule is COc1cc(Br)cc(NCc2cc(Br)c3c(c2)OCO3)c1. The van der Waals surface area contributed by atoms with Gasteiger partial charge in [0.25, 0.3) is 0 Å². The Morgan fingerprint density at radius 3 is 2.81 bits per heavy atom. The lowest BCUT2D eigenvalue weighted by Gasteiger charge is -2.10. The molecular formula is C15H13Br2NO3. The van der Waals surface area contributed by atoms with Crippen LogP contribution in [0, 0.1) is 0 Å². The Morgan fingerprint density at radius 2 is 2.00 bits per heavy atom. The molecule has 2 aromatic rings. The van der Waals surface area contributed by atoms with E-state index in [-0.39, 0.29) is 6.79 Å². The Balaban J connectivity index is 1.76. The van der Waals surface area contributed by atoms with E-state index in [2.05, 4.69) is 37.2 Å². The number of halogens is 2. The van der Waals surface area contributed by atoms with E-state index in [1.54, 1.807) is 7.11 Å². The van der Waals surface area contributed by atoms with Gasteiger partial charge in [-0.15, -0.1) is 0 Å². The van der Waals surface area contributed by atoms with Crippen molar-refractivity contribution in [3.63, 3.8) is 0 Å². The van der Waals surface area contributed by atoms with Crippen molar-refractivity contribution in [3.05, 3.63) is 44.8 Å². The fourth-order valence-corrected chi connectivity index (χ4v) is 3.19. The minimum Gasteiger partial charge on any atom is -0.497 e.